The van der Waals surface area contributed by atoms with E-state index in [0.717, 1.165) is 0 Å². The van der Waals surface area contributed by atoms with E-state index < -0.39 is 41.5 Å². The number of anilines is 2. The number of aliphatic hydroxyl groups is 1. The zero-order valence-electron chi connectivity index (χ0n) is 21.1. The summed E-state index contributed by atoms with van der Waals surface area (Å²) in [6.07, 6.45) is 0.509. The van der Waals surface area contributed by atoms with Gasteiger partial charge in [-0.2, -0.15) is 0 Å². The van der Waals surface area contributed by atoms with Gasteiger partial charge in [0.1, 0.15) is 11.6 Å². The molecule has 8 atom stereocenters. The molecule has 0 radical (unpaired) electrons. The molecule has 2 aromatic carbocycles. The molecule has 3 heterocycles. The van der Waals surface area contributed by atoms with E-state index in [1.54, 1.807) is 36.4 Å². The average molecular weight is 605 g/mol. The van der Waals surface area contributed by atoms with Gasteiger partial charge in [0.05, 0.1) is 30.6 Å². The maximum Gasteiger partial charge on any atom is 0.250 e. The minimum Gasteiger partial charge on any atom is -0.394 e. The highest BCUT2D eigenvalue weighted by molar-refractivity contribution is 9.09. The van der Waals surface area contributed by atoms with Crippen LogP contribution in [0.4, 0.5) is 11.4 Å². The Morgan fingerprint density at radius 2 is 1.76 bits per heavy atom. The number of rotatable bonds is 8. The number of para-hydroxylation sites is 1. The Labute approximate surface area is 235 Å². The number of hydrogen-bond donors (Lipinski definition) is 3. The number of alkyl halides is 1. The first-order valence-corrected chi connectivity index (χ1v) is 14.2. The smallest absolute Gasteiger partial charge is 0.250 e. The minimum absolute atomic E-state index is 0.0847. The summed E-state index contributed by atoms with van der Waals surface area (Å²) in [6, 6.07) is 14.1. The quantitative estimate of drug-likeness (QED) is 0.394. The third kappa shape index (κ3) is 4.43. The van der Waals surface area contributed by atoms with Crippen molar-refractivity contribution in [2.24, 2.45) is 17.8 Å². The summed E-state index contributed by atoms with van der Waals surface area (Å²) in [5.41, 5.74) is -0.0731. The molecule has 3 amide bonds. The molecule has 5 rings (SSSR count). The highest BCUT2D eigenvalue weighted by atomic mass is 79.9. The van der Waals surface area contributed by atoms with Crippen molar-refractivity contribution in [3.05, 3.63) is 59.6 Å². The highest BCUT2D eigenvalue weighted by Gasteiger charge is 2.77. The fourth-order valence-electron chi connectivity index (χ4n) is 6.33. The van der Waals surface area contributed by atoms with Gasteiger partial charge in [0.2, 0.25) is 17.7 Å². The SMILES string of the molecule is CC[C@H](C)[C@H](CO)N1C(=O)[C@@H]2[C@H](C(=O)Nc3ccccc3)[C@H]3OC2(CC3Br)C1C(=O)Nc1ccc(Cl)cc1. The molecule has 0 saturated carbocycles. The van der Waals surface area contributed by atoms with Crippen molar-refractivity contribution in [1.82, 2.24) is 4.90 Å². The molecule has 3 fully saturated rings. The van der Waals surface area contributed by atoms with Gasteiger partial charge in [0.15, 0.2) is 0 Å². The van der Waals surface area contributed by atoms with E-state index in [1.165, 1.54) is 4.90 Å². The third-order valence-electron chi connectivity index (χ3n) is 8.28. The first-order chi connectivity index (χ1) is 18.2. The zero-order valence-corrected chi connectivity index (χ0v) is 23.5. The average Bonchev–Trinajstić information content (AvgIpc) is 3.50. The van der Waals surface area contributed by atoms with Gasteiger partial charge in [-0.25, -0.2) is 0 Å². The van der Waals surface area contributed by atoms with Crippen LogP contribution in [0.1, 0.15) is 26.7 Å². The van der Waals surface area contributed by atoms with Gasteiger partial charge in [-0.05, 0) is 48.7 Å². The molecule has 3 N–H and O–H groups in total. The maximum atomic E-state index is 14.2. The Bertz CT molecular complexity index is 1210. The number of benzene rings is 2. The molecular formula is C28H31BrClN3O5. The van der Waals surface area contributed by atoms with Crippen LogP contribution in [-0.2, 0) is 19.1 Å². The number of likely N-dealkylation sites (tertiary alicyclic amines) is 1. The van der Waals surface area contributed by atoms with Crippen LogP contribution >= 0.6 is 27.5 Å². The fraction of sp³-hybridized carbons (Fsp3) is 0.464. The lowest BCUT2D eigenvalue weighted by atomic mass is 9.70. The summed E-state index contributed by atoms with van der Waals surface area (Å²) in [4.78, 5) is 43.1. The van der Waals surface area contributed by atoms with Crippen LogP contribution in [0.5, 0.6) is 0 Å². The monoisotopic (exact) mass is 603 g/mol. The number of ether oxygens (including phenoxy) is 1. The minimum atomic E-state index is -1.22. The molecule has 0 aliphatic carbocycles. The van der Waals surface area contributed by atoms with E-state index in [1.807, 2.05) is 32.0 Å². The van der Waals surface area contributed by atoms with Gasteiger partial charge in [-0.3, -0.25) is 14.4 Å². The van der Waals surface area contributed by atoms with Crippen LogP contribution in [0.3, 0.4) is 0 Å². The first-order valence-electron chi connectivity index (χ1n) is 12.9. The lowest BCUT2D eigenvalue weighted by Crippen LogP contribution is -2.57. The fourth-order valence-corrected chi connectivity index (χ4v) is 7.40. The Hall–Kier alpha value is -2.46. The van der Waals surface area contributed by atoms with Crippen LogP contribution in [0.15, 0.2) is 54.6 Å². The van der Waals surface area contributed by atoms with Crippen molar-refractivity contribution in [1.29, 1.82) is 0 Å². The lowest BCUT2D eigenvalue weighted by molar-refractivity contribution is -0.144. The summed E-state index contributed by atoms with van der Waals surface area (Å²) >= 11 is 9.69. The highest BCUT2D eigenvalue weighted by Crippen LogP contribution is 2.60. The predicted molar refractivity (Wildman–Crippen MR) is 148 cm³/mol. The molecule has 0 aromatic heterocycles. The molecule has 2 bridgehead atoms. The number of carbonyl (C=O) groups is 3. The second-order valence-corrected chi connectivity index (χ2v) is 12.0. The van der Waals surface area contributed by atoms with Crippen molar-refractivity contribution in [2.45, 2.75) is 55.3 Å². The number of aliphatic hydroxyl groups excluding tert-OH is 1. The number of hydrogen-bond acceptors (Lipinski definition) is 5. The topological polar surface area (TPSA) is 108 Å². The van der Waals surface area contributed by atoms with Gasteiger partial charge in [-0.1, -0.05) is 66.0 Å². The summed E-state index contributed by atoms with van der Waals surface area (Å²) < 4.78 is 6.53. The molecule has 2 aromatic rings. The summed E-state index contributed by atoms with van der Waals surface area (Å²) in [6.45, 7) is 3.61. The molecule has 10 heteroatoms. The summed E-state index contributed by atoms with van der Waals surface area (Å²) in [5, 5.41) is 16.8. The van der Waals surface area contributed by atoms with Gasteiger partial charge < -0.3 is 25.4 Å². The molecule has 3 aliphatic rings. The number of amides is 3. The third-order valence-corrected chi connectivity index (χ3v) is 9.37. The normalized spacial score (nSPS) is 31.1. The molecule has 202 valence electrons. The van der Waals surface area contributed by atoms with E-state index in [0.29, 0.717) is 29.2 Å². The van der Waals surface area contributed by atoms with E-state index >= 15 is 0 Å². The van der Waals surface area contributed by atoms with Gasteiger partial charge >= 0.3 is 0 Å². The van der Waals surface area contributed by atoms with E-state index in [4.69, 9.17) is 16.3 Å². The van der Waals surface area contributed by atoms with Gasteiger partial charge in [0, 0.05) is 21.2 Å². The largest absolute Gasteiger partial charge is 0.394 e. The second-order valence-electron chi connectivity index (χ2n) is 10.4. The molecule has 3 unspecified atom stereocenters. The number of carbonyl (C=O) groups excluding carboxylic acids is 3. The van der Waals surface area contributed by atoms with Crippen LogP contribution in [0.2, 0.25) is 5.02 Å². The summed E-state index contributed by atoms with van der Waals surface area (Å²) in [7, 11) is 0. The Balaban J connectivity index is 1.54. The Kier molecular flexibility index (Phi) is 7.57. The van der Waals surface area contributed by atoms with Crippen LogP contribution in [0, 0.1) is 17.8 Å². The first kappa shape index (κ1) is 27.1. The number of fused-ring (bicyclic) bond motifs is 1. The van der Waals surface area contributed by atoms with Crippen LogP contribution in [0.25, 0.3) is 0 Å². The van der Waals surface area contributed by atoms with Crippen LogP contribution < -0.4 is 10.6 Å². The standard InChI is InChI=1S/C28H31BrClN3O5/c1-3-15(2)20(14-34)33-24(26(36)32-18-11-9-16(30)10-12-18)28-13-19(29)23(38-28)21(22(28)27(33)37)25(35)31-17-7-5-4-6-8-17/h4-12,15,19-24,34H,3,13-14H2,1-2H3,(H,31,35)(H,32,36)/t15-,19?,20-,21-,22-,23-,24?,28?/m0/s1. The number of halogens is 2. The lowest BCUT2D eigenvalue weighted by Gasteiger charge is -2.38. The summed E-state index contributed by atoms with van der Waals surface area (Å²) in [5.74, 6) is -2.82. The molecule has 38 heavy (non-hydrogen) atoms. The molecule has 8 nitrogen and oxygen atoms in total. The maximum absolute atomic E-state index is 14.2. The van der Waals surface area contributed by atoms with Crippen molar-refractivity contribution >= 4 is 56.6 Å². The van der Waals surface area contributed by atoms with Crippen LogP contribution in [-0.4, -0.2) is 63.0 Å². The molecule has 1 spiro atoms. The number of nitrogens with zero attached hydrogens (tertiary/aromatic N) is 1. The Morgan fingerprint density at radius 1 is 1.13 bits per heavy atom. The predicted octanol–water partition coefficient (Wildman–Crippen LogP) is 4.07. The van der Waals surface area contributed by atoms with Gasteiger partial charge in [0.25, 0.3) is 0 Å². The van der Waals surface area contributed by atoms with E-state index in [9.17, 15) is 19.5 Å². The Morgan fingerprint density at radius 3 is 2.39 bits per heavy atom. The molecule has 3 aliphatic heterocycles. The van der Waals surface area contributed by atoms with Gasteiger partial charge in [-0.15, -0.1) is 0 Å². The van der Waals surface area contributed by atoms with E-state index in [-0.39, 0.29) is 29.2 Å². The van der Waals surface area contributed by atoms with Crippen molar-refractivity contribution in [3.63, 3.8) is 0 Å². The van der Waals surface area contributed by atoms with Crippen molar-refractivity contribution in [3.8, 4) is 0 Å². The second kappa shape index (κ2) is 10.6. The molecule has 3 saturated heterocycles. The van der Waals surface area contributed by atoms with Crippen molar-refractivity contribution in [2.75, 3.05) is 17.2 Å². The van der Waals surface area contributed by atoms with E-state index in [2.05, 4.69) is 26.6 Å². The zero-order chi connectivity index (χ0) is 27.2. The molecular weight excluding hydrogens is 574 g/mol. The number of nitrogens with one attached hydrogen (secondary N) is 2. The van der Waals surface area contributed by atoms with Crippen molar-refractivity contribution < 1.29 is 24.2 Å².